The molecule has 2 aromatic rings. The second-order valence-corrected chi connectivity index (χ2v) is 5.56. The van der Waals surface area contributed by atoms with Gasteiger partial charge in [-0.15, -0.1) is 0 Å². The van der Waals surface area contributed by atoms with Gasteiger partial charge in [0, 0.05) is 19.2 Å². The van der Waals surface area contributed by atoms with Crippen LogP contribution in [0.5, 0.6) is 0 Å². The number of hydrogen-bond acceptors (Lipinski definition) is 3. The fourth-order valence-electron chi connectivity index (χ4n) is 2.62. The predicted octanol–water partition coefficient (Wildman–Crippen LogP) is 2.52. The normalized spacial score (nSPS) is 17.4. The lowest BCUT2D eigenvalue weighted by Gasteiger charge is -2.17. The van der Waals surface area contributed by atoms with E-state index in [0.717, 1.165) is 5.56 Å². The number of aromatic nitrogens is 1. The summed E-state index contributed by atoms with van der Waals surface area (Å²) in [5.74, 6) is -1.08. The number of anilines is 2. The predicted molar refractivity (Wildman–Crippen MR) is 84.5 cm³/mol. The van der Waals surface area contributed by atoms with Gasteiger partial charge in [-0.2, -0.15) is 0 Å². The third kappa shape index (κ3) is 3.21. The van der Waals surface area contributed by atoms with Crippen LogP contribution in [0, 0.1) is 18.7 Å². The Kier molecular flexibility index (Phi) is 4.06. The smallest absolute Gasteiger partial charge is 0.230 e. The summed E-state index contributed by atoms with van der Waals surface area (Å²) in [6.45, 7) is 2.06. The molecule has 5 nitrogen and oxygen atoms in total. The quantitative estimate of drug-likeness (QED) is 0.947. The molecule has 6 heteroatoms. The van der Waals surface area contributed by atoms with Gasteiger partial charge in [0.2, 0.25) is 11.8 Å². The molecular formula is C17H16FN3O2. The van der Waals surface area contributed by atoms with E-state index in [4.69, 9.17) is 0 Å². The SMILES string of the molecule is Cc1ccnc(NC(=O)C2CC(=O)N(c3ccccc3F)C2)c1. The third-order valence-electron chi connectivity index (χ3n) is 3.81. The van der Waals surface area contributed by atoms with Crippen LogP contribution in [0.15, 0.2) is 42.6 Å². The van der Waals surface area contributed by atoms with Crippen LogP contribution >= 0.6 is 0 Å². The molecule has 118 valence electrons. The Balaban J connectivity index is 1.72. The molecule has 1 unspecified atom stereocenters. The topological polar surface area (TPSA) is 62.3 Å². The molecule has 1 saturated heterocycles. The van der Waals surface area contributed by atoms with Crippen molar-refractivity contribution in [3.8, 4) is 0 Å². The second-order valence-electron chi connectivity index (χ2n) is 5.56. The lowest BCUT2D eigenvalue weighted by Crippen LogP contribution is -2.28. The number of carbonyl (C=O) groups is 2. The number of benzene rings is 1. The Hall–Kier alpha value is -2.76. The Bertz CT molecular complexity index is 763. The van der Waals surface area contributed by atoms with E-state index < -0.39 is 11.7 Å². The van der Waals surface area contributed by atoms with E-state index in [1.165, 1.54) is 17.0 Å². The molecule has 0 saturated carbocycles. The van der Waals surface area contributed by atoms with Crippen molar-refractivity contribution in [2.24, 2.45) is 5.92 Å². The summed E-state index contributed by atoms with van der Waals surface area (Å²) in [6.07, 6.45) is 1.67. The van der Waals surface area contributed by atoms with Crippen LogP contribution < -0.4 is 10.2 Å². The first-order chi connectivity index (χ1) is 11.0. The van der Waals surface area contributed by atoms with Crippen molar-refractivity contribution in [1.29, 1.82) is 0 Å². The van der Waals surface area contributed by atoms with Crippen molar-refractivity contribution >= 4 is 23.3 Å². The van der Waals surface area contributed by atoms with Gasteiger partial charge in [-0.3, -0.25) is 9.59 Å². The molecule has 1 N–H and O–H groups in total. The van der Waals surface area contributed by atoms with Gasteiger partial charge in [0.05, 0.1) is 11.6 Å². The van der Waals surface area contributed by atoms with Crippen LogP contribution in [-0.4, -0.2) is 23.3 Å². The maximum Gasteiger partial charge on any atom is 0.230 e. The standard InChI is InChI=1S/C17H16FN3O2/c1-11-6-7-19-15(8-11)20-17(23)12-9-16(22)21(10-12)14-5-3-2-4-13(14)18/h2-8,12H,9-10H2,1H3,(H,19,20,23). The van der Waals surface area contributed by atoms with Crippen molar-refractivity contribution in [2.75, 3.05) is 16.8 Å². The van der Waals surface area contributed by atoms with E-state index >= 15 is 0 Å². The molecule has 2 amide bonds. The maximum atomic E-state index is 13.8. The van der Waals surface area contributed by atoms with Crippen molar-refractivity contribution in [3.05, 3.63) is 54.0 Å². The number of para-hydroxylation sites is 1. The zero-order valence-corrected chi connectivity index (χ0v) is 12.6. The average molecular weight is 313 g/mol. The molecule has 1 aromatic heterocycles. The van der Waals surface area contributed by atoms with Crippen LogP contribution in [-0.2, 0) is 9.59 Å². The van der Waals surface area contributed by atoms with Gasteiger partial charge in [0.1, 0.15) is 11.6 Å². The monoisotopic (exact) mass is 313 g/mol. The molecule has 1 aliphatic heterocycles. The number of carbonyl (C=O) groups excluding carboxylic acids is 2. The van der Waals surface area contributed by atoms with Gasteiger partial charge < -0.3 is 10.2 Å². The number of nitrogens with one attached hydrogen (secondary N) is 1. The number of halogens is 1. The zero-order chi connectivity index (χ0) is 16.4. The summed E-state index contributed by atoms with van der Waals surface area (Å²) in [5, 5.41) is 2.71. The van der Waals surface area contributed by atoms with Crippen LogP contribution in [0.25, 0.3) is 0 Å². The van der Waals surface area contributed by atoms with Gasteiger partial charge in [-0.25, -0.2) is 9.37 Å². The molecule has 1 atom stereocenters. The van der Waals surface area contributed by atoms with Gasteiger partial charge in [0.15, 0.2) is 0 Å². The van der Waals surface area contributed by atoms with E-state index in [1.807, 2.05) is 13.0 Å². The number of hydrogen-bond donors (Lipinski definition) is 1. The van der Waals surface area contributed by atoms with Crippen molar-refractivity contribution in [1.82, 2.24) is 4.98 Å². The number of aryl methyl sites for hydroxylation is 1. The molecule has 0 bridgehead atoms. The van der Waals surface area contributed by atoms with E-state index in [1.54, 1.807) is 24.4 Å². The minimum Gasteiger partial charge on any atom is -0.310 e. The first-order valence-electron chi connectivity index (χ1n) is 7.33. The highest BCUT2D eigenvalue weighted by atomic mass is 19.1. The van der Waals surface area contributed by atoms with Crippen LogP contribution in [0.3, 0.4) is 0 Å². The van der Waals surface area contributed by atoms with Gasteiger partial charge in [-0.05, 0) is 36.8 Å². The molecular weight excluding hydrogens is 297 g/mol. The highest BCUT2D eigenvalue weighted by molar-refractivity contribution is 6.03. The molecule has 0 aliphatic carbocycles. The van der Waals surface area contributed by atoms with Gasteiger partial charge in [-0.1, -0.05) is 12.1 Å². The van der Waals surface area contributed by atoms with Gasteiger partial charge in [0.25, 0.3) is 0 Å². The Labute approximate surface area is 133 Å². The van der Waals surface area contributed by atoms with Gasteiger partial charge >= 0.3 is 0 Å². The van der Waals surface area contributed by atoms with Crippen LogP contribution in [0.1, 0.15) is 12.0 Å². The van der Waals surface area contributed by atoms with E-state index in [0.29, 0.717) is 5.82 Å². The summed E-state index contributed by atoms with van der Waals surface area (Å²) in [5.41, 5.74) is 1.19. The largest absolute Gasteiger partial charge is 0.310 e. The Morgan fingerprint density at radius 3 is 2.87 bits per heavy atom. The van der Waals surface area contributed by atoms with Crippen molar-refractivity contribution in [3.63, 3.8) is 0 Å². The Morgan fingerprint density at radius 1 is 1.35 bits per heavy atom. The summed E-state index contributed by atoms with van der Waals surface area (Å²) in [4.78, 5) is 29.8. The minimum atomic E-state index is -0.524. The first kappa shape index (κ1) is 15.1. The lowest BCUT2D eigenvalue weighted by atomic mass is 10.1. The summed E-state index contributed by atoms with van der Waals surface area (Å²) >= 11 is 0. The number of amides is 2. The fraction of sp³-hybridized carbons (Fsp3) is 0.235. The van der Waals surface area contributed by atoms with E-state index in [-0.39, 0.29) is 30.5 Å². The molecule has 2 heterocycles. The first-order valence-corrected chi connectivity index (χ1v) is 7.33. The molecule has 1 aliphatic rings. The summed E-state index contributed by atoms with van der Waals surface area (Å²) < 4.78 is 13.8. The molecule has 0 spiro atoms. The lowest BCUT2D eigenvalue weighted by molar-refractivity contribution is -0.122. The third-order valence-corrected chi connectivity index (χ3v) is 3.81. The molecule has 3 rings (SSSR count). The van der Waals surface area contributed by atoms with E-state index in [2.05, 4.69) is 10.3 Å². The van der Waals surface area contributed by atoms with Crippen LogP contribution in [0.2, 0.25) is 0 Å². The molecule has 23 heavy (non-hydrogen) atoms. The molecule has 0 radical (unpaired) electrons. The highest BCUT2D eigenvalue weighted by Gasteiger charge is 2.36. The highest BCUT2D eigenvalue weighted by Crippen LogP contribution is 2.27. The van der Waals surface area contributed by atoms with E-state index in [9.17, 15) is 14.0 Å². The zero-order valence-electron chi connectivity index (χ0n) is 12.6. The average Bonchev–Trinajstić information content (AvgIpc) is 2.90. The number of rotatable bonds is 3. The second kappa shape index (κ2) is 6.16. The molecule has 1 fully saturated rings. The summed E-state index contributed by atoms with van der Waals surface area (Å²) in [6, 6.07) is 9.64. The maximum absolute atomic E-state index is 13.8. The summed E-state index contributed by atoms with van der Waals surface area (Å²) in [7, 11) is 0. The Morgan fingerprint density at radius 2 is 2.13 bits per heavy atom. The number of nitrogens with zero attached hydrogens (tertiary/aromatic N) is 2. The number of pyridine rings is 1. The van der Waals surface area contributed by atoms with Crippen molar-refractivity contribution in [2.45, 2.75) is 13.3 Å². The van der Waals surface area contributed by atoms with Crippen LogP contribution in [0.4, 0.5) is 15.9 Å². The molecule has 1 aromatic carbocycles. The fourth-order valence-corrected chi connectivity index (χ4v) is 2.62. The minimum absolute atomic E-state index is 0.0615. The van der Waals surface area contributed by atoms with Crippen molar-refractivity contribution < 1.29 is 14.0 Å².